The van der Waals surface area contributed by atoms with Crippen molar-refractivity contribution in [2.24, 2.45) is 5.73 Å². The molecule has 27 heavy (non-hydrogen) atoms. The number of carbonyl (C=O) groups is 2. The number of aryl methyl sites for hydroxylation is 1. The summed E-state index contributed by atoms with van der Waals surface area (Å²) >= 11 is 5.85. The van der Waals surface area contributed by atoms with Gasteiger partial charge in [0.1, 0.15) is 0 Å². The van der Waals surface area contributed by atoms with Gasteiger partial charge in [-0.1, -0.05) is 11.6 Å². The lowest BCUT2D eigenvalue weighted by Gasteiger charge is -2.35. The van der Waals surface area contributed by atoms with E-state index in [9.17, 15) is 9.59 Å². The Morgan fingerprint density at radius 3 is 2.30 bits per heavy atom. The number of nitrogens with two attached hydrogens (primary N) is 1. The summed E-state index contributed by atoms with van der Waals surface area (Å²) in [7, 11) is 0. The van der Waals surface area contributed by atoms with Crippen molar-refractivity contribution in [3.05, 3.63) is 46.1 Å². The second-order valence-corrected chi connectivity index (χ2v) is 6.82. The smallest absolute Gasteiger partial charge is 0.321 e. The molecule has 1 aromatic heterocycles. The first-order chi connectivity index (χ1) is 12.9. The minimum absolute atomic E-state index is 0.182. The van der Waals surface area contributed by atoms with Crippen molar-refractivity contribution in [1.29, 1.82) is 0 Å². The number of amides is 3. The fourth-order valence-electron chi connectivity index (χ4n) is 2.97. The van der Waals surface area contributed by atoms with Crippen LogP contribution in [0.3, 0.4) is 0 Å². The van der Waals surface area contributed by atoms with Crippen LogP contribution in [0.4, 0.5) is 16.3 Å². The molecule has 0 atom stereocenters. The third kappa shape index (κ3) is 4.11. The highest BCUT2D eigenvalue weighted by molar-refractivity contribution is 6.30. The molecule has 1 fully saturated rings. The van der Waals surface area contributed by atoms with E-state index in [1.54, 1.807) is 36.1 Å². The van der Waals surface area contributed by atoms with Gasteiger partial charge < -0.3 is 20.9 Å². The van der Waals surface area contributed by atoms with Crippen LogP contribution in [0.25, 0.3) is 0 Å². The fourth-order valence-corrected chi connectivity index (χ4v) is 3.10. The summed E-state index contributed by atoms with van der Waals surface area (Å²) in [6.45, 7) is 5.65. The van der Waals surface area contributed by atoms with E-state index < -0.39 is 5.91 Å². The van der Waals surface area contributed by atoms with Crippen molar-refractivity contribution >= 4 is 35.0 Å². The lowest BCUT2D eigenvalue weighted by molar-refractivity contribution is 0.0999. The van der Waals surface area contributed by atoms with E-state index in [1.807, 2.05) is 11.8 Å². The summed E-state index contributed by atoms with van der Waals surface area (Å²) in [6.07, 6.45) is 0. The van der Waals surface area contributed by atoms with Gasteiger partial charge in [0.2, 0.25) is 0 Å². The van der Waals surface area contributed by atoms with Gasteiger partial charge in [-0.25, -0.2) is 4.79 Å². The molecule has 1 aromatic carbocycles. The van der Waals surface area contributed by atoms with E-state index in [0.717, 1.165) is 5.56 Å². The maximum Gasteiger partial charge on any atom is 0.321 e. The van der Waals surface area contributed by atoms with Gasteiger partial charge in [0, 0.05) is 36.9 Å². The van der Waals surface area contributed by atoms with E-state index in [4.69, 9.17) is 17.3 Å². The fraction of sp³-hybridized carbons (Fsp3) is 0.333. The summed E-state index contributed by atoms with van der Waals surface area (Å²) in [5.74, 6) is -0.0493. The van der Waals surface area contributed by atoms with Crippen LogP contribution in [-0.4, -0.2) is 53.2 Å². The molecule has 0 unspecified atom stereocenters. The summed E-state index contributed by atoms with van der Waals surface area (Å²) < 4.78 is 0. The molecule has 1 aliphatic rings. The van der Waals surface area contributed by atoms with Crippen molar-refractivity contribution in [1.82, 2.24) is 15.1 Å². The number of nitrogens with zero attached hydrogens (tertiary/aromatic N) is 4. The molecule has 3 rings (SSSR count). The summed E-state index contributed by atoms with van der Waals surface area (Å²) in [6, 6.07) is 6.76. The van der Waals surface area contributed by atoms with Crippen LogP contribution in [0.2, 0.25) is 5.02 Å². The molecule has 8 nitrogen and oxygen atoms in total. The maximum absolute atomic E-state index is 12.4. The Hall–Kier alpha value is -2.87. The Morgan fingerprint density at radius 1 is 1.07 bits per heavy atom. The largest absolute Gasteiger partial charge is 0.365 e. The molecule has 3 N–H and O–H groups in total. The highest BCUT2D eigenvalue weighted by atomic mass is 35.5. The predicted molar refractivity (Wildman–Crippen MR) is 104 cm³/mol. The van der Waals surface area contributed by atoms with Gasteiger partial charge in [0.25, 0.3) is 5.91 Å². The number of primary amides is 1. The minimum atomic E-state index is -0.525. The predicted octanol–water partition coefficient (Wildman–Crippen LogP) is 2.20. The van der Waals surface area contributed by atoms with Gasteiger partial charge in [-0.05, 0) is 43.7 Å². The molecule has 142 valence electrons. The molecular weight excluding hydrogens is 368 g/mol. The van der Waals surface area contributed by atoms with E-state index in [1.165, 1.54) is 0 Å². The number of aromatic nitrogens is 2. The summed E-state index contributed by atoms with van der Waals surface area (Å²) in [4.78, 5) is 28.0. The van der Waals surface area contributed by atoms with Gasteiger partial charge in [-0.2, -0.15) is 5.10 Å². The number of hydrogen-bond acceptors (Lipinski definition) is 5. The second kappa shape index (κ2) is 7.79. The molecule has 1 saturated heterocycles. The number of rotatable bonds is 3. The van der Waals surface area contributed by atoms with E-state index in [-0.39, 0.29) is 6.03 Å². The summed E-state index contributed by atoms with van der Waals surface area (Å²) in [5.41, 5.74) is 8.03. The summed E-state index contributed by atoms with van der Waals surface area (Å²) in [5, 5.41) is 11.7. The number of halogens is 1. The van der Waals surface area contributed by atoms with Crippen LogP contribution >= 0.6 is 11.6 Å². The molecule has 2 aromatic rings. The molecule has 3 amide bonds. The number of carbonyl (C=O) groups excluding carboxylic acids is 2. The SMILES string of the molecule is Cc1nnc(N2CCN(C(=O)Nc3ccc(Cl)cc3)CC2)c(C(N)=O)c1C. The molecule has 9 heteroatoms. The van der Waals surface area contributed by atoms with Gasteiger partial charge in [0.05, 0.1) is 11.3 Å². The van der Waals surface area contributed by atoms with Crippen LogP contribution in [0.15, 0.2) is 24.3 Å². The van der Waals surface area contributed by atoms with Gasteiger partial charge in [-0.15, -0.1) is 5.10 Å². The molecule has 0 bridgehead atoms. The minimum Gasteiger partial charge on any atom is -0.365 e. The Kier molecular flexibility index (Phi) is 5.46. The Labute approximate surface area is 162 Å². The van der Waals surface area contributed by atoms with Gasteiger partial charge in [0.15, 0.2) is 5.82 Å². The van der Waals surface area contributed by atoms with Crippen LogP contribution in [0.1, 0.15) is 21.6 Å². The van der Waals surface area contributed by atoms with Crippen LogP contribution in [-0.2, 0) is 0 Å². The Bertz CT molecular complexity index is 863. The topological polar surface area (TPSA) is 104 Å². The second-order valence-electron chi connectivity index (χ2n) is 6.38. The Morgan fingerprint density at radius 2 is 1.70 bits per heavy atom. The zero-order valence-electron chi connectivity index (χ0n) is 15.2. The van der Waals surface area contributed by atoms with Crippen molar-refractivity contribution in [2.75, 3.05) is 36.4 Å². The van der Waals surface area contributed by atoms with Crippen LogP contribution < -0.4 is 16.0 Å². The third-order valence-corrected chi connectivity index (χ3v) is 4.90. The number of hydrogen-bond donors (Lipinski definition) is 2. The van der Waals surface area contributed by atoms with E-state index in [0.29, 0.717) is 54.0 Å². The Balaban J connectivity index is 1.67. The van der Waals surface area contributed by atoms with Crippen LogP contribution in [0.5, 0.6) is 0 Å². The number of urea groups is 1. The first-order valence-corrected chi connectivity index (χ1v) is 8.94. The van der Waals surface area contributed by atoms with Gasteiger partial charge >= 0.3 is 6.03 Å². The monoisotopic (exact) mass is 388 g/mol. The number of benzene rings is 1. The van der Waals surface area contributed by atoms with Crippen molar-refractivity contribution < 1.29 is 9.59 Å². The first kappa shape index (κ1) is 18.9. The molecule has 2 heterocycles. The average molecular weight is 389 g/mol. The van der Waals surface area contributed by atoms with Crippen molar-refractivity contribution in [2.45, 2.75) is 13.8 Å². The van der Waals surface area contributed by atoms with Gasteiger partial charge in [-0.3, -0.25) is 4.79 Å². The molecular formula is C18H21ClN6O2. The van der Waals surface area contributed by atoms with E-state index in [2.05, 4.69) is 15.5 Å². The van der Waals surface area contributed by atoms with Crippen LogP contribution in [0, 0.1) is 13.8 Å². The zero-order chi connectivity index (χ0) is 19.6. The number of anilines is 2. The molecule has 0 radical (unpaired) electrons. The quantitative estimate of drug-likeness (QED) is 0.838. The highest BCUT2D eigenvalue weighted by Gasteiger charge is 2.26. The number of piperazine rings is 1. The number of nitrogens with one attached hydrogen (secondary N) is 1. The average Bonchev–Trinajstić information content (AvgIpc) is 2.65. The first-order valence-electron chi connectivity index (χ1n) is 8.57. The maximum atomic E-state index is 12.4. The van der Waals surface area contributed by atoms with Crippen molar-refractivity contribution in [3.63, 3.8) is 0 Å². The lowest BCUT2D eigenvalue weighted by atomic mass is 10.1. The van der Waals surface area contributed by atoms with Crippen molar-refractivity contribution in [3.8, 4) is 0 Å². The normalized spacial score (nSPS) is 14.2. The molecule has 1 aliphatic heterocycles. The molecule has 0 saturated carbocycles. The molecule has 0 aliphatic carbocycles. The third-order valence-electron chi connectivity index (χ3n) is 4.64. The standard InChI is InChI=1S/C18H21ClN6O2/c1-11-12(2)22-23-17(15(11)16(20)26)24-7-9-25(10-8-24)18(27)21-14-5-3-13(19)4-6-14/h3-6H,7-10H2,1-2H3,(H2,20,26)(H,21,27). The lowest BCUT2D eigenvalue weighted by Crippen LogP contribution is -2.50. The zero-order valence-corrected chi connectivity index (χ0v) is 16.0. The molecule has 0 spiro atoms. The van der Waals surface area contributed by atoms with E-state index >= 15 is 0 Å². The highest BCUT2D eigenvalue weighted by Crippen LogP contribution is 2.23.